The van der Waals surface area contributed by atoms with Gasteiger partial charge in [-0.15, -0.1) is 0 Å². The van der Waals surface area contributed by atoms with Gasteiger partial charge in [-0.3, -0.25) is 0 Å². The van der Waals surface area contributed by atoms with E-state index < -0.39 is 0 Å². The predicted molar refractivity (Wildman–Crippen MR) is 90.4 cm³/mol. The van der Waals surface area contributed by atoms with Crippen molar-refractivity contribution in [2.24, 2.45) is 0 Å². The van der Waals surface area contributed by atoms with Gasteiger partial charge in [-0.1, -0.05) is 19.3 Å². The summed E-state index contributed by atoms with van der Waals surface area (Å²) in [6, 6.07) is 6.20. The van der Waals surface area contributed by atoms with Gasteiger partial charge >= 0.3 is 5.69 Å². The van der Waals surface area contributed by atoms with Gasteiger partial charge in [-0.25, -0.2) is 9.78 Å². The van der Waals surface area contributed by atoms with Crippen LogP contribution in [0.4, 0.5) is 5.82 Å². The number of nitrogens with one attached hydrogen (secondary N) is 3. The summed E-state index contributed by atoms with van der Waals surface area (Å²) in [5.41, 5.74) is 2.16. The second-order valence-corrected chi connectivity index (χ2v) is 6.07. The summed E-state index contributed by atoms with van der Waals surface area (Å²) >= 11 is 0. The molecule has 0 spiro atoms. The minimum atomic E-state index is -0.334. The quantitative estimate of drug-likeness (QED) is 0.694. The topological polar surface area (TPSA) is 86.5 Å². The van der Waals surface area contributed by atoms with Crippen molar-refractivity contribution >= 4 is 16.9 Å². The fraction of sp³-hybridized carbons (Fsp3) is 0.353. The highest BCUT2D eigenvalue weighted by Crippen LogP contribution is 2.27. The summed E-state index contributed by atoms with van der Waals surface area (Å²) in [4.78, 5) is 26.3. The zero-order chi connectivity index (χ0) is 15.6. The molecule has 0 aromatic carbocycles. The number of fused-ring (bicyclic) bond motifs is 1. The van der Waals surface area contributed by atoms with Crippen LogP contribution in [-0.2, 0) is 0 Å². The first kappa shape index (κ1) is 14.0. The molecule has 0 amide bonds. The van der Waals surface area contributed by atoms with E-state index >= 15 is 0 Å². The highest BCUT2D eigenvalue weighted by molar-refractivity contribution is 5.92. The number of hydrogen-bond donors (Lipinski definition) is 3. The molecule has 3 N–H and O–H groups in total. The van der Waals surface area contributed by atoms with Crippen molar-refractivity contribution in [3.63, 3.8) is 0 Å². The third-order valence-corrected chi connectivity index (χ3v) is 4.44. The lowest BCUT2D eigenvalue weighted by Gasteiger charge is -2.23. The lowest BCUT2D eigenvalue weighted by molar-refractivity contribution is 0.461. The number of pyridine rings is 1. The lowest BCUT2D eigenvalue weighted by atomic mass is 9.95. The van der Waals surface area contributed by atoms with Gasteiger partial charge < -0.3 is 15.3 Å². The molecule has 1 saturated carbocycles. The molecule has 0 unspecified atom stereocenters. The van der Waals surface area contributed by atoms with Crippen LogP contribution in [0.5, 0.6) is 0 Å². The fourth-order valence-corrected chi connectivity index (χ4v) is 3.31. The Morgan fingerprint density at radius 1 is 1.22 bits per heavy atom. The molecule has 4 rings (SSSR count). The van der Waals surface area contributed by atoms with Crippen molar-refractivity contribution in [2.75, 3.05) is 5.32 Å². The Kier molecular flexibility index (Phi) is 3.57. The van der Waals surface area contributed by atoms with Gasteiger partial charge in [0.2, 0.25) is 0 Å². The maximum atomic E-state index is 12.0. The maximum absolute atomic E-state index is 12.0. The van der Waals surface area contributed by atoms with Gasteiger partial charge in [0, 0.05) is 35.5 Å². The van der Waals surface area contributed by atoms with E-state index in [4.69, 9.17) is 0 Å². The molecule has 6 heteroatoms. The number of nitrogens with zero attached hydrogens (tertiary/aromatic N) is 2. The van der Waals surface area contributed by atoms with E-state index in [9.17, 15) is 4.79 Å². The summed E-state index contributed by atoms with van der Waals surface area (Å²) in [6.07, 6.45) is 9.67. The monoisotopic (exact) mass is 309 g/mol. The molecule has 0 atom stereocenters. The van der Waals surface area contributed by atoms with Crippen molar-refractivity contribution in [2.45, 2.75) is 38.1 Å². The van der Waals surface area contributed by atoms with E-state index in [0.717, 1.165) is 35.1 Å². The van der Waals surface area contributed by atoms with Crippen molar-refractivity contribution in [3.8, 4) is 11.3 Å². The second kappa shape index (κ2) is 5.87. The van der Waals surface area contributed by atoms with Crippen LogP contribution < -0.4 is 11.0 Å². The van der Waals surface area contributed by atoms with Crippen LogP contribution in [0.25, 0.3) is 22.3 Å². The molecule has 0 aliphatic heterocycles. The van der Waals surface area contributed by atoms with Crippen molar-refractivity contribution in [1.29, 1.82) is 0 Å². The molecule has 1 fully saturated rings. The number of aromatic nitrogens is 4. The van der Waals surface area contributed by atoms with Gasteiger partial charge in [0.15, 0.2) is 0 Å². The number of hydrogen-bond acceptors (Lipinski definition) is 4. The van der Waals surface area contributed by atoms with Crippen molar-refractivity contribution in [1.82, 2.24) is 19.9 Å². The Labute approximate surface area is 133 Å². The first-order valence-electron chi connectivity index (χ1n) is 8.10. The Hall–Kier alpha value is -2.63. The van der Waals surface area contributed by atoms with Crippen LogP contribution in [0, 0.1) is 0 Å². The smallest absolute Gasteiger partial charge is 0.347 e. The fourth-order valence-electron chi connectivity index (χ4n) is 3.31. The Bertz CT molecular complexity index is 876. The summed E-state index contributed by atoms with van der Waals surface area (Å²) < 4.78 is 0. The minimum absolute atomic E-state index is 0.334. The molecule has 1 aliphatic carbocycles. The molecule has 3 aromatic rings. The highest BCUT2D eigenvalue weighted by atomic mass is 16.1. The van der Waals surface area contributed by atoms with Crippen LogP contribution in [0.1, 0.15) is 32.1 Å². The molecule has 0 saturated heterocycles. The van der Waals surface area contributed by atoms with Crippen LogP contribution in [0.15, 0.2) is 35.4 Å². The molecule has 3 heterocycles. The van der Waals surface area contributed by atoms with Gasteiger partial charge in [-0.2, -0.15) is 4.98 Å². The van der Waals surface area contributed by atoms with Gasteiger partial charge in [0.1, 0.15) is 11.5 Å². The highest BCUT2D eigenvalue weighted by Gasteiger charge is 2.15. The Balaban J connectivity index is 1.70. The van der Waals surface area contributed by atoms with Crippen LogP contribution in [0.3, 0.4) is 0 Å². The Morgan fingerprint density at radius 2 is 2.09 bits per heavy atom. The number of aromatic amines is 2. The van der Waals surface area contributed by atoms with Crippen LogP contribution in [0.2, 0.25) is 0 Å². The summed E-state index contributed by atoms with van der Waals surface area (Å²) in [6.45, 7) is 0. The van der Waals surface area contributed by atoms with Gasteiger partial charge in [0.25, 0.3) is 0 Å². The van der Waals surface area contributed by atoms with E-state index in [1.165, 1.54) is 19.3 Å². The Morgan fingerprint density at radius 3 is 2.96 bits per heavy atom. The van der Waals surface area contributed by atoms with E-state index in [2.05, 4.69) is 25.3 Å². The molecule has 0 bridgehead atoms. The standard InChI is InChI=1S/C17H19N5O/c23-17-21-14(13-10-19-16-12(13)7-4-8-18-16)9-15(22-17)20-11-5-2-1-3-6-11/h4,7-11H,1-3,5-6H2,(H,18,19)(H2,20,21,22,23). The average Bonchev–Trinajstić information content (AvgIpc) is 2.99. The number of H-pyrrole nitrogens is 2. The van der Waals surface area contributed by atoms with E-state index in [-0.39, 0.29) is 5.69 Å². The van der Waals surface area contributed by atoms with Crippen LogP contribution in [-0.4, -0.2) is 26.0 Å². The molecular formula is C17H19N5O. The van der Waals surface area contributed by atoms with E-state index in [1.807, 2.05) is 24.4 Å². The molecular weight excluding hydrogens is 290 g/mol. The zero-order valence-electron chi connectivity index (χ0n) is 12.8. The lowest BCUT2D eigenvalue weighted by Crippen LogP contribution is -2.25. The van der Waals surface area contributed by atoms with Gasteiger partial charge in [-0.05, 0) is 25.0 Å². The third-order valence-electron chi connectivity index (χ3n) is 4.44. The van der Waals surface area contributed by atoms with E-state index in [0.29, 0.717) is 11.9 Å². The molecule has 0 radical (unpaired) electrons. The molecule has 3 aromatic heterocycles. The first-order chi connectivity index (χ1) is 11.3. The molecule has 1 aliphatic rings. The molecule has 23 heavy (non-hydrogen) atoms. The van der Waals surface area contributed by atoms with Crippen LogP contribution >= 0.6 is 0 Å². The minimum Gasteiger partial charge on any atom is -0.367 e. The third kappa shape index (κ3) is 2.84. The van der Waals surface area contributed by atoms with Crippen molar-refractivity contribution < 1.29 is 0 Å². The SMILES string of the molecule is O=c1nc(NC2CCCCC2)cc(-c2c[nH]c3ncccc23)[nH]1. The molecule has 118 valence electrons. The summed E-state index contributed by atoms with van der Waals surface area (Å²) in [5, 5.41) is 4.40. The summed E-state index contributed by atoms with van der Waals surface area (Å²) in [7, 11) is 0. The average molecular weight is 309 g/mol. The first-order valence-corrected chi connectivity index (χ1v) is 8.10. The molecule has 6 nitrogen and oxygen atoms in total. The van der Waals surface area contributed by atoms with E-state index in [1.54, 1.807) is 6.20 Å². The second-order valence-electron chi connectivity index (χ2n) is 6.07. The normalized spacial score (nSPS) is 15.8. The maximum Gasteiger partial charge on any atom is 0.347 e. The van der Waals surface area contributed by atoms with Crippen molar-refractivity contribution in [3.05, 3.63) is 41.1 Å². The predicted octanol–water partition coefficient (Wildman–Crippen LogP) is 3.06. The largest absolute Gasteiger partial charge is 0.367 e. The number of rotatable bonds is 3. The van der Waals surface area contributed by atoms with Gasteiger partial charge in [0.05, 0.1) is 5.69 Å². The zero-order valence-corrected chi connectivity index (χ0v) is 12.8. The number of anilines is 1. The summed E-state index contributed by atoms with van der Waals surface area (Å²) in [5.74, 6) is 0.647.